The molecule has 0 fully saturated rings. The Morgan fingerprint density at radius 3 is 2.40 bits per heavy atom. The van der Waals surface area contributed by atoms with Gasteiger partial charge in [-0.2, -0.15) is 0 Å². The smallest absolute Gasteiger partial charge is 0.246 e. The number of carbonyl (C=O) groups is 1. The van der Waals surface area contributed by atoms with E-state index in [-0.39, 0.29) is 5.91 Å². The van der Waals surface area contributed by atoms with E-state index in [1.165, 1.54) is 0 Å². The van der Waals surface area contributed by atoms with Crippen LogP contribution in [-0.2, 0) is 14.8 Å². The van der Waals surface area contributed by atoms with E-state index in [1.807, 2.05) is 32.0 Å². The van der Waals surface area contributed by atoms with Crippen molar-refractivity contribution >= 4 is 33.0 Å². The van der Waals surface area contributed by atoms with E-state index in [9.17, 15) is 13.2 Å². The third kappa shape index (κ3) is 5.79. The van der Waals surface area contributed by atoms with Gasteiger partial charge in [0.15, 0.2) is 0 Å². The predicted octanol–water partition coefficient (Wildman–Crippen LogP) is 3.11. The van der Waals surface area contributed by atoms with Gasteiger partial charge in [-0.25, -0.2) is 8.42 Å². The van der Waals surface area contributed by atoms with E-state index in [2.05, 4.69) is 15.4 Å². The molecule has 1 amide bonds. The Kier molecular flexibility index (Phi) is 5.69. The summed E-state index contributed by atoms with van der Waals surface area (Å²) in [7, 11) is -3.35. The van der Waals surface area contributed by atoms with Gasteiger partial charge in [-0.3, -0.25) is 9.52 Å². The van der Waals surface area contributed by atoms with Crippen LogP contribution in [0.25, 0.3) is 0 Å². The molecule has 0 spiro atoms. The van der Waals surface area contributed by atoms with Crippen LogP contribution >= 0.6 is 0 Å². The van der Waals surface area contributed by atoms with Crippen LogP contribution in [0.5, 0.6) is 0 Å². The van der Waals surface area contributed by atoms with Gasteiger partial charge in [0.25, 0.3) is 0 Å². The Hall–Kier alpha value is -2.54. The summed E-state index contributed by atoms with van der Waals surface area (Å²) in [5.74, 6) is -0.171. The molecule has 0 radical (unpaired) electrons. The van der Waals surface area contributed by atoms with Crippen LogP contribution in [-0.4, -0.2) is 26.6 Å². The summed E-state index contributed by atoms with van der Waals surface area (Å²) in [6, 6.07) is 12.2. The first-order valence-corrected chi connectivity index (χ1v) is 9.76. The molecule has 1 unspecified atom stereocenters. The van der Waals surface area contributed by atoms with Gasteiger partial charge in [0.05, 0.1) is 11.9 Å². The lowest BCUT2D eigenvalue weighted by atomic mass is 10.1. The van der Waals surface area contributed by atoms with Gasteiger partial charge in [0.1, 0.15) is 6.04 Å². The Labute approximate surface area is 148 Å². The average molecular weight is 361 g/mol. The van der Waals surface area contributed by atoms with E-state index >= 15 is 0 Å². The minimum atomic E-state index is -3.35. The van der Waals surface area contributed by atoms with Gasteiger partial charge in [-0.05, 0) is 56.2 Å². The fourth-order valence-electron chi connectivity index (χ4n) is 2.31. The average Bonchev–Trinajstić information content (AvgIpc) is 2.49. The molecule has 0 aromatic heterocycles. The molecule has 2 aromatic carbocycles. The molecule has 0 aliphatic heterocycles. The number of hydrogen-bond donors (Lipinski definition) is 3. The lowest BCUT2D eigenvalue weighted by Crippen LogP contribution is -2.32. The maximum absolute atomic E-state index is 12.4. The third-order valence-electron chi connectivity index (χ3n) is 3.59. The molecule has 7 heteroatoms. The number of aryl methyl sites for hydroxylation is 2. The molecule has 0 aliphatic rings. The van der Waals surface area contributed by atoms with E-state index in [4.69, 9.17) is 0 Å². The number of hydrogen-bond acceptors (Lipinski definition) is 4. The Bertz CT molecular complexity index is 879. The van der Waals surface area contributed by atoms with E-state index < -0.39 is 16.1 Å². The van der Waals surface area contributed by atoms with Crippen LogP contribution in [0.2, 0.25) is 0 Å². The maximum Gasteiger partial charge on any atom is 0.246 e. The zero-order valence-electron chi connectivity index (χ0n) is 14.8. The normalized spacial score (nSPS) is 12.3. The van der Waals surface area contributed by atoms with Crippen molar-refractivity contribution in [2.24, 2.45) is 0 Å². The molecule has 1 atom stereocenters. The molecule has 0 aliphatic carbocycles. The molecule has 3 N–H and O–H groups in total. The van der Waals surface area contributed by atoms with Crippen molar-refractivity contribution in [1.29, 1.82) is 0 Å². The summed E-state index contributed by atoms with van der Waals surface area (Å²) < 4.78 is 25.0. The van der Waals surface area contributed by atoms with E-state index in [0.717, 1.165) is 23.1 Å². The highest BCUT2D eigenvalue weighted by atomic mass is 32.2. The standard InChI is InChI=1S/C18H23N3O3S/c1-12-8-9-13(2)17(10-12)20-18(22)14(3)19-15-6-5-7-16(11-15)21-25(4,23)24/h5-11,14,19,21H,1-4H3,(H,20,22). The Balaban J connectivity index is 2.06. The first-order valence-electron chi connectivity index (χ1n) is 7.86. The molecule has 134 valence electrons. The minimum absolute atomic E-state index is 0.171. The van der Waals surface area contributed by atoms with Crippen molar-refractivity contribution < 1.29 is 13.2 Å². The lowest BCUT2D eigenvalue weighted by molar-refractivity contribution is -0.116. The van der Waals surface area contributed by atoms with Crippen molar-refractivity contribution in [2.75, 3.05) is 21.6 Å². The summed E-state index contributed by atoms with van der Waals surface area (Å²) in [6.45, 7) is 5.65. The molecular weight excluding hydrogens is 338 g/mol. The number of rotatable bonds is 6. The number of anilines is 3. The van der Waals surface area contributed by atoms with Crippen molar-refractivity contribution in [1.82, 2.24) is 0 Å². The summed E-state index contributed by atoms with van der Waals surface area (Å²) >= 11 is 0. The second-order valence-electron chi connectivity index (χ2n) is 6.13. The van der Waals surface area contributed by atoms with Crippen molar-refractivity contribution in [2.45, 2.75) is 26.8 Å². The summed E-state index contributed by atoms with van der Waals surface area (Å²) in [5.41, 5.74) is 3.93. The SMILES string of the molecule is Cc1ccc(C)c(NC(=O)C(C)Nc2cccc(NS(C)(=O)=O)c2)c1. The Morgan fingerprint density at radius 2 is 1.72 bits per heavy atom. The zero-order valence-corrected chi connectivity index (χ0v) is 15.6. The predicted molar refractivity (Wildman–Crippen MR) is 103 cm³/mol. The lowest BCUT2D eigenvalue weighted by Gasteiger charge is -2.17. The first kappa shape index (κ1) is 18.8. The van der Waals surface area contributed by atoms with E-state index in [1.54, 1.807) is 31.2 Å². The fourth-order valence-corrected chi connectivity index (χ4v) is 2.87. The summed E-state index contributed by atoms with van der Waals surface area (Å²) in [4.78, 5) is 12.4. The van der Waals surface area contributed by atoms with Gasteiger partial charge >= 0.3 is 0 Å². The summed E-state index contributed by atoms with van der Waals surface area (Å²) in [5, 5.41) is 5.99. The number of carbonyl (C=O) groups excluding carboxylic acids is 1. The zero-order chi connectivity index (χ0) is 18.6. The minimum Gasteiger partial charge on any atom is -0.374 e. The van der Waals surface area contributed by atoms with Crippen molar-refractivity contribution in [3.05, 3.63) is 53.6 Å². The van der Waals surface area contributed by atoms with Crippen LogP contribution in [0.1, 0.15) is 18.1 Å². The van der Waals surface area contributed by atoms with Gasteiger partial charge in [0, 0.05) is 11.4 Å². The topological polar surface area (TPSA) is 87.3 Å². The number of sulfonamides is 1. The highest BCUT2D eigenvalue weighted by Crippen LogP contribution is 2.19. The highest BCUT2D eigenvalue weighted by Gasteiger charge is 2.14. The molecule has 2 aromatic rings. The van der Waals surface area contributed by atoms with Crippen molar-refractivity contribution in [3.63, 3.8) is 0 Å². The quantitative estimate of drug-likeness (QED) is 0.738. The molecule has 0 saturated heterocycles. The van der Waals surface area contributed by atoms with Crippen LogP contribution < -0.4 is 15.4 Å². The van der Waals surface area contributed by atoms with Gasteiger partial charge < -0.3 is 10.6 Å². The fraction of sp³-hybridized carbons (Fsp3) is 0.278. The number of amides is 1. The van der Waals surface area contributed by atoms with Crippen LogP contribution in [0, 0.1) is 13.8 Å². The molecule has 6 nitrogen and oxygen atoms in total. The largest absolute Gasteiger partial charge is 0.374 e. The van der Waals surface area contributed by atoms with Crippen LogP contribution in [0.3, 0.4) is 0 Å². The van der Waals surface area contributed by atoms with Gasteiger partial charge in [-0.15, -0.1) is 0 Å². The van der Waals surface area contributed by atoms with Crippen molar-refractivity contribution in [3.8, 4) is 0 Å². The summed E-state index contributed by atoms with van der Waals surface area (Å²) in [6.07, 6.45) is 1.09. The molecule has 0 bridgehead atoms. The first-order chi connectivity index (χ1) is 11.6. The molecule has 0 saturated carbocycles. The number of benzene rings is 2. The second kappa shape index (κ2) is 7.57. The molecular formula is C18H23N3O3S. The van der Waals surface area contributed by atoms with Gasteiger partial charge in [-0.1, -0.05) is 18.2 Å². The Morgan fingerprint density at radius 1 is 1.04 bits per heavy atom. The highest BCUT2D eigenvalue weighted by molar-refractivity contribution is 7.92. The molecule has 2 rings (SSSR count). The van der Waals surface area contributed by atoms with E-state index in [0.29, 0.717) is 11.4 Å². The maximum atomic E-state index is 12.4. The number of nitrogens with one attached hydrogen (secondary N) is 3. The second-order valence-corrected chi connectivity index (χ2v) is 7.88. The van der Waals surface area contributed by atoms with Crippen LogP contribution in [0.4, 0.5) is 17.1 Å². The third-order valence-corrected chi connectivity index (χ3v) is 4.20. The van der Waals surface area contributed by atoms with Crippen LogP contribution in [0.15, 0.2) is 42.5 Å². The van der Waals surface area contributed by atoms with Gasteiger partial charge in [0.2, 0.25) is 15.9 Å². The monoisotopic (exact) mass is 361 g/mol. The molecule has 25 heavy (non-hydrogen) atoms. The molecule has 0 heterocycles.